The highest BCUT2D eigenvalue weighted by Gasteiger charge is 1.96. The minimum absolute atomic E-state index is 0.292. The van der Waals surface area contributed by atoms with Crippen LogP contribution in [0.3, 0.4) is 0 Å². The van der Waals surface area contributed by atoms with Gasteiger partial charge in [-0.1, -0.05) is 62.6 Å². The maximum absolute atomic E-state index is 10.3. The Kier molecular flexibility index (Phi) is 14.1. The number of carboxylic acids is 1. The molecule has 0 aliphatic carbocycles. The summed E-state index contributed by atoms with van der Waals surface area (Å²) < 4.78 is 0. The van der Waals surface area contributed by atoms with E-state index in [1.54, 1.807) is 0 Å². The smallest absolute Gasteiger partial charge is 0.303 e. The molecular weight excluding hydrogens is 264 g/mol. The van der Waals surface area contributed by atoms with Gasteiger partial charge in [-0.3, -0.25) is 4.79 Å². The van der Waals surface area contributed by atoms with Crippen LogP contribution in [0.2, 0.25) is 0 Å². The molecule has 3 heteroatoms. The Hall–Kier alpha value is -1.35. The van der Waals surface area contributed by atoms with Crippen LogP contribution in [-0.4, -0.2) is 22.3 Å². The molecule has 1 atom stereocenters. The van der Waals surface area contributed by atoms with Gasteiger partial charge in [0.05, 0.1) is 6.10 Å². The first-order valence-electron chi connectivity index (χ1n) is 8.05. The first kappa shape index (κ1) is 19.7. The Morgan fingerprint density at radius 1 is 1.00 bits per heavy atom. The molecule has 0 aliphatic heterocycles. The molecule has 0 unspecified atom stereocenters. The van der Waals surface area contributed by atoms with Crippen molar-refractivity contribution in [1.29, 1.82) is 0 Å². The second kappa shape index (κ2) is 15.0. The summed E-state index contributed by atoms with van der Waals surface area (Å²) in [7, 11) is 0. The first-order valence-corrected chi connectivity index (χ1v) is 8.05. The minimum Gasteiger partial charge on any atom is -0.481 e. The average molecular weight is 294 g/mol. The average Bonchev–Trinajstić information content (AvgIpc) is 2.44. The van der Waals surface area contributed by atoms with Crippen molar-refractivity contribution in [3.63, 3.8) is 0 Å². The summed E-state index contributed by atoms with van der Waals surface area (Å²) in [6.45, 7) is 2.08. The maximum Gasteiger partial charge on any atom is 0.303 e. The molecule has 0 amide bonds. The largest absolute Gasteiger partial charge is 0.481 e. The Morgan fingerprint density at radius 3 is 2.43 bits per heavy atom. The third-order valence-corrected chi connectivity index (χ3v) is 3.12. The van der Waals surface area contributed by atoms with Crippen molar-refractivity contribution in [2.24, 2.45) is 0 Å². The van der Waals surface area contributed by atoms with Crippen molar-refractivity contribution in [3.05, 3.63) is 36.5 Å². The predicted molar refractivity (Wildman–Crippen MR) is 88.3 cm³/mol. The quantitative estimate of drug-likeness (QED) is 0.296. The van der Waals surface area contributed by atoms with Gasteiger partial charge in [-0.05, 0) is 32.1 Å². The van der Waals surface area contributed by atoms with Gasteiger partial charge < -0.3 is 10.2 Å². The fraction of sp³-hybridized carbons (Fsp3) is 0.611. The van der Waals surface area contributed by atoms with Gasteiger partial charge in [0.2, 0.25) is 0 Å². The predicted octanol–water partition coefficient (Wildman–Crippen LogP) is 4.63. The number of aliphatic hydroxyl groups is 1. The van der Waals surface area contributed by atoms with Gasteiger partial charge in [-0.25, -0.2) is 0 Å². The van der Waals surface area contributed by atoms with Crippen molar-refractivity contribution in [1.82, 2.24) is 0 Å². The van der Waals surface area contributed by atoms with Crippen molar-refractivity contribution in [2.45, 2.75) is 70.8 Å². The number of aliphatic carboxylic acids is 1. The second-order valence-electron chi connectivity index (χ2n) is 5.20. The highest BCUT2D eigenvalue weighted by Crippen LogP contribution is 2.07. The summed E-state index contributed by atoms with van der Waals surface area (Å²) in [6, 6.07) is 0. The second-order valence-corrected chi connectivity index (χ2v) is 5.20. The molecule has 0 rings (SSSR count). The Labute approximate surface area is 129 Å². The van der Waals surface area contributed by atoms with Crippen LogP contribution in [0.5, 0.6) is 0 Å². The number of unbranched alkanes of at least 4 members (excludes halogenated alkanes) is 5. The van der Waals surface area contributed by atoms with E-state index in [-0.39, 0.29) is 0 Å². The zero-order chi connectivity index (χ0) is 15.8. The van der Waals surface area contributed by atoms with Crippen LogP contribution in [0, 0.1) is 0 Å². The standard InChI is InChI=1S/C18H30O3/c1-2-3-11-14-17(19)15-12-9-7-5-4-6-8-10-13-16-18(20)21/h3,7,9,11-12,15,17,19H,2,4-6,8,10,13-14,16H2,1H3,(H,20,21)/b9-7+,11-3-,15-12+/t17-/m1/s1. The third kappa shape index (κ3) is 16.6. The number of carbonyl (C=O) groups is 1. The molecule has 0 fully saturated rings. The number of allylic oxidation sites excluding steroid dienone is 4. The lowest BCUT2D eigenvalue weighted by Crippen LogP contribution is -1.98. The van der Waals surface area contributed by atoms with Crippen LogP contribution in [0.15, 0.2) is 36.5 Å². The molecule has 0 spiro atoms. The van der Waals surface area contributed by atoms with Crippen molar-refractivity contribution in [2.75, 3.05) is 0 Å². The van der Waals surface area contributed by atoms with E-state index in [1.807, 2.05) is 24.3 Å². The monoisotopic (exact) mass is 294 g/mol. The topological polar surface area (TPSA) is 57.5 Å². The summed E-state index contributed by atoms with van der Waals surface area (Å²) in [5.41, 5.74) is 0. The molecule has 0 aliphatic rings. The molecule has 0 aromatic rings. The number of hydrogen-bond acceptors (Lipinski definition) is 2. The summed E-state index contributed by atoms with van der Waals surface area (Å²) in [5.74, 6) is -0.697. The molecule has 0 heterocycles. The zero-order valence-corrected chi connectivity index (χ0v) is 13.2. The van der Waals surface area contributed by atoms with E-state index in [2.05, 4.69) is 19.1 Å². The number of carboxylic acid groups (broad SMARTS) is 1. The molecular formula is C18H30O3. The van der Waals surface area contributed by atoms with Gasteiger partial charge in [0.1, 0.15) is 0 Å². The van der Waals surface area contributed by atoms with E-state index in [9.17, 15) is 9.90 Å². The molecule has 0 saturated heterocycles. The van der Waals surface area contributed by atoms with E-state index >= 15 is 0 Å². The van der Waals surface area contributed by atoms with Crippen LogP contribution in [0.4, 0.5) is 0 Å². The first-order chi connectivity index (χ1) is 10.2. The number of hydrogen-bond donors (Lipinski definition) is 2. The zero-order valence-electron chi connectivity index (χ0n) is 13.2. The summed E-state index contributed by atoms with van der Waals surface area (Å²) >= 11 is 0. The molecule has 120 valence electrons. The minimum atomic E-state index is -0.697. The third-order valence-electron chi connectivity index (χ3n) is 3.12. The lowest BCUT2D eigenvalue weighted by molar-refractivity contribution is -0.137. The molecule has 0 saturated carbocycles. The Balaban J connectivity index is 3.43. The van der Waals surface area contributed by atoms with E-state index in [4.69, 9.17) is 5.11 Å². The summed E-state index contributed by atoms with van der Waals surface area (Å²) in [5, 5.41) is 18.1. The fourth-order valence-electron chi connectivity index (χ4n) is 1.92. The van der Waals surface area contributed by atoms with E-state index in [0.717, 1.165) is 44.9 Å². The number of aliphatic hydroxyl groups excluding tert-OH is 1. The Bertz CT molecular complexity index is 329. The van der Waals surface area contributed by atoms with Crippen LogP contribution >= 0.6 is 0 Å². The van der Waals surface area contributed by atoms with E-state index in [0.29, 0.717) is 12.8 Å². The maximum atomic E-state index is 10.3. The van der Waals surface area contributed by atoms with Crippen LogP contribution < -0.4 is 0 Å². The van der Waals surface area contributed by atoms with Gasteiger partial charge in [0.25, 0.3) is 0 Å². The van der Waals surface area contributed by atoms with Gasteiger partial charge in [-0.15, -0.1) is 0 Å². The number of rotatable bonds is 13. The summed E-state index contributed by atoms with van der Waals surface area (Å²) in [4.78, 5) is 10.3. The molecule has 0 aromatic heterocycles. The van der Waals surface area contributed by atoms with Gasteiger partial charge in [0.15, 0.2) is 0 Å². The fourth-order valence-corrected chi connectivity index (χ4v) is 1.92. The van der Waals surface area contributed by atoms with Gasteiger partial charge in [0, 0.05) is 6.42 Å². The van der Waals surface area contributed by atoms with Crippen LogP contribution in [0.25, 0.3) is 0 Å². The van der Waals surface area contributed by atoms with Crippen LogP contribution in [0.1, 0.15) is 64.7 Å². The molecule has 0 bridgehead atoms. The Morgan fingerprint density at radius 2 is 1.71 bits per heavy atom. The van der Waals surface area contributed by atoms with Crippen molar-refractivity contribution >= 4 is 5.97 Å². The van der Waals surface area contributed by atoms with Gasteiger partial charge in [-0.2, -0.15) is 0 Å². The highest BCUT2D eigenvalue weighted by molar-refractivity contribution is 5.66. The van der Waals surface area contributed by atoms with Crippen LogP contribution in [-0.2, 0) is 4.79 Å². The van der Waals surface area contributed by atoms with E-state index in [1.165, 1.54) is 0 Å². The SMILES string of the molecule is CC/C=C\C[C@@H](O)/C=C/C=C/CCCCCCCC(=O)O. The molecule has 0 aromatic carbocycles. The molecule has 0 radical (unpaired) electrons. The lowest BCUT2D eigenvalue weighted by atomic mass is 10.1. The molecule has 2 N–H and O–H groups in total. The lowest BCUT2D eigenvalue weighted by Gasteiger charge is -1.99. The molecule has 21 heavy (non-hydrogen) atoms. The van der Waals surface area contributed by atoms with Gasteiger partial charge >= 0.3 is 5.97 Å². The normalized spacial score (nSPS) is 13.6. The van der Waals surface area contributed by atoms with Crippen molar-refractivity contribution < 1.29 is 15.0 Å². The highest BCUT2D eigenvalue weighted by atomic mass is 16.4. The molecule has 3 nitrogen and oxygen atoms in total. The summed E-state index contributed by atoms with van der Waals surface area (Å²) in [6.07, 6.45) is 19.7. The van der Waals surface area contributed by atoms with Crippen molar-refractivity contribution in [3.8, 4) is 0 Å². The van der Waals surface area contributed by atoms with E-state index < -0.39 is 12.1 Å².